The fourth-order valence-electron chi connectivity index (χ4n) is 6.34. The van der Waals surface area contributed by atoms with Gasteiger partial charge in [-0.25, -0.2) is 14.6 Å². The monoisotopic (exact) mass is 742 g/mol. The highest BCUT2D eigenvalue weighted by Gasteiger charge is 2.38. The topological polar surface area (TPSA) is 127 Å². The van der Waals surface area contributed by atoms with Gasteiger partial charge >= 0.3 is 12.1 Å². The van der Waals surface area contributed by atoms with Crippen molar-refractivity contribution in [3.8, 4) is 17.4 Å². The second-order valence-corrected chi connectivity index (χ2v) is 13.9. The van der Waals surface area contributed by atoms with Gasteiger partial charge in [0.25, 0.3) is 0 Å². The van der Waals surface area contributed by atoms with Gasteiger partial charge in [0.05, 0.1) is 27.9 Å². The average molecular weight is 744 g/mol. The summed E-state index contributed by atoms with van der Waals surface area (Å²) in [7, 11) is 4.52. The third-order valence-electron chi connectivity index (χ3n) is 8.96. The quantitative estimate of drug-likeness (QED) is 0.0904. The summed E-state index contributed by atoms with van der Waals surface area (Å²) in [5.41, 5.74) is 1.47. The number of benzene rings is 1. The number of fused-ring (bicyclic) bond motifs is 3. The first-order valence-corrected chi connectivity index (χ1v) is 17.5. The second kappa shape index (κ2) is 15.7. The molecule has 0 saturated carbocycles. The number of piperidine rings is 3. The molecule has 3 aromatic heterocycles. The van der Waals surface area contributed by atoms with E-state index in [1.807, 2.05) is 0 Å². The predicted octanol–water partition coefficient (Wildman–Crippen LogP) is 6.49. The Balaban J connectivity index is 1.25. The maximum Gasteiger partial charge on any atom is 0.415 e. The molecule has 0 radical (unpaired) electrons. The Hall–Kier alpha value is -4.30. The standard InChI is InChI=1S/C35H36Cl2N4O8S/c1-45-28-8-6-22(15-30(28)46-2)29(16-24-25(36)18-40(44)19-26(24)37)48-34(42)32-9-7-23(50-32)17-41(27-5-4-12-38-33(27)47-3)35(43)49-31-20-39-13-10-21(31)11-14-39/h4-9,12,15,18-19,21,29,31H,10-11,13-14,16-17,20H2,1-3H3/t29-,31-/m0/s1. The van der Waals surface area contributed by atoms with Gasteiger partial charge in [0.2, 0.25) is 5.88 Å². The van der Waals surface area contributed by atoms with Crippen LogP contribution in [0.5, 0.6) is 17.4 Å². The Morgan fingerprint density at radius 1 is 1.04 bits per heavy atom. The molecular formula is C35H36Cl2N4O8S. The van der Waals surface area contributed by atoms with E-state index in [0.29, 0.717) is 55.3 Å². The van der Waals surface area contributed by atoms with Crippen LogP contribution in [0, 0.1) is 11.1 Å². The number of hydrogen-bond acceptors (Lipinski definition) is 11. The van der Waals surface area contributed by atoms with Crippen LogP contribution in [0.2, 0.25) is 10.0 Å². The van der Waals surface area contributed by atoms with Gasteiger partial charge in [0, 0.05) is 29.6 Å². The van der Waals surface area contributed by atoms with Crippen LogP contribution in [-0.2, 0) is 22.4 Å². The van der Waals surface area contributed by atoms with Gasteiger partial charge in [-0.2, -0.15) is 4.73 Å². The molecule has 264 valence electrons. The minimum absolute atomic E-state index is 0.0674. The van der Waals surface area contributed by atoms with Crippen molar-refractivity contribution >= 4 is 52.3 Å². The number of amides is 1. The van der Waals surface area contributed by atoms with Crippen LogP contribution in [0.3, 0.4) is 0 Å². The molecule has 50 heavy (non-hydrogen) atoms. The van der Waals surface area contributed by atoms with Crippen molar-refractivity contribution in [2.45, 2.75) is 38.0 Å². The van der Waals surface area contributed by atoms with Crippen molar-refractivity contribution in [2.24, 2.45) is 5.92 Å². The lowest BCUT2D eigenvalue weighted by Crippen LogP contribution is -2.53. The van der Waals surface area contributed by atoms with Gasteiger partial charge in [-0.15, -0.1) is 11.3 Å². The number of methoxy groups -OCH3 is 3. The van der Waals surface area contributed by atoms with E-state index >= 15 is 0 Å². The van der Waals surface area contributed by atoms with Crippen molar-refractivity contribution in [1.29, 1.82) is 0 Å². The van der Waals surface area contributed by atoms with E-state index < -0.39 is 18.2 Å². The fourth-order valence-corrected chi connectivity index (χ4v) is 7.82. The number of rotatable bonds is 12. The summed E-state index contributed by atoms with van der Waals surface area (Å²) in [5.74, 6) is 0.916. The van der Waals surface area contributed by atoms with E-state index in [1.54, 1.807) is 48.7 Å². The fraction of sp³-hybridized carbons (Fsp3) is 0.371. The van der Waals surface area contributed by atoms with Gasteiger partial charge in [-0.05, 0) is 73.8 Å². The predicted molar refractivity (Wildman–Crippen MR) is 188 cm³/mol. The second-order valence-electron chi connectivity index (χ2n) is 11.9. The van der Waals surface area contributed by atoms with E-state index in [0.717, 1.165) is 25.9 Å². The number of carbonyl (C=O) groups excluding carboxylic acids is 2. The van der Waals surface area contributed by atoms with Gasteiger partial charge in [-0.3, -0.25) is 9.80 Å². The Morgan fingerprint density at radius 2 is 1.78 bits per heavy atom. The summed E-state index contributed by atoms with van der Waals surface area (Å²) in [5, 5.41) is 12.2. The molecule has 1 amide bonds. The molecule has 3 saturated heterocycles. The summed E-state index contributed by atoms with van der Waals surface area (Å²) in [6, 6.07) is 12.0. The minimum atomic E-state index is -0.877. The van der Waals surface area contributed by atoms with Crippen LogP contribution < -0.4 is 23.8 Å². The SMILES string of the molecule is COc1ccc([C@H](Cc2c(Cl)c[n+]([O-])cc2Cl)OC(=O)c2ccc(CN(C(=O)O[C@H]3CN4CCC3CC4)c3cccnc3OC)s2)cc1OC. The minimum Gasteiger partial charge on any atom is -0.619 e. The van der Waals surface area contributed by atoms with Crippen molar-refractivity contribution in [3.63, 3.8) is 0 Å². The molecule has 3 aliphatic rings. The molecule has 15 heteroatoms. The van der Waals surface area contributed by atoms with Crippen LogP contribution in [0.15, 0.2) is 61.1 Å². The summed E-state index contributed by atoms with van der Waals surface area (Å²) in [6.45, 7) is 2.85. The van der Waals surface area contributed by atoms with Gasteiger partial charge in [0.1, 0.15) is 32.8 Å². The van der Waals surface area contributed by atoms with Crippen LogP contribution in [-0.4, -0.2) is 69.0 Å². The van der Waals surface area contributed by atoms with Crippen LogP contribution in [0.25, 0.3) is 0 Å². The number of anilines is 1. The number of ether oxygens (including phenoxy) is 5. The van der Waals surface area contributed by atoms with E-state index in [1.165, 1.54) is 50.0 Å². The number of halogens is 2. The van der Waals surface area contributed by atoms with Gasteiger partial charge in [0.15, 0.2) is 23.9 Å². The number of pyridine rings is 2. The largest absolute Gasteiger partial charge is 0.619 e. The van der Waals surface area contributed by atoms with E-state index in [-0.39, 0.29) is 35.0 Å². The number of carbonyl (C=O) groups is 2. The highest BCUT2D eigenvalue weighted by molar-refractivity contribution is 7.14. The zero-order valence-corrected chi connectivity index (χ0v) is 30.0. The molecule has 6 heterocycles. The number of esters is 1. The first-order valence-electron chi connectivity index (χ1n) is 15.9. The molecule has 3 fully saturated rings. The van der Waals surface area contributed by atoms with E-state index in [2.05, 4.69) is 9.88 Å². The van der Waals surface area contributed by atoms with Gasteiger partial charge in [-0.1, -0.05) is 29.3 Å². The lowest BCUT2D eigenvalue weighted by atomic mass is 9.86. The Kier molecular flexibility index (Phi) is 11.2. The first kappa shape index (κ1) is 35.5. The summed E-state index contributed by atoms with van der Waals surface area (Å²) in [4.78, 5) is 36.6. The van der Waals surface area contributed by atoms with E-state index in [4.69, 9.17) is 46.9 Å². The third kappa shape index (κ3) is 7.86. The molecule has 0 unspecified atom stereocenters. The molecule has 12 nitrogen and oxygen atoms in total. The smallest absolute Gasteiger partial charge is 0.415 e. The zero-order valence-electron chi connectivity index (χ0n) is 27.7. The molecule has 0 aliphatic carbocycles. The molecule has 2 bridgehead atoms. The van der Waals surface area contributed by atoms with Crippen molar-refractivity contribution in [1.82, 2.24) is 9.88 Å². The summed E-state index contributed by atoms with van der Waals surface area (Å²) >= 11 is 14.0. The Bertz CT molecular complexity index is 1830. The number of nitrogens with zero attached hydrogens (tertiary/aromatic N) is 4. The van der Waals surface area contributed by atoms with Crippen LogP contribution in [0.4, 0.5) is 10.5 Å². The Morgan fingerprint density at radius 3 is 2.44 bits per heavy atom. The summed E-state index contributed by atoms with van der Waals surface area (Å²) in [6.07, 6.45) is 4.42. The lowest BCUT2D eigenvalue weighted by molar-refractivity contribution is -0.605. The number of thiophene rings is 1. The molecule has 7 rings (SSSR count). The Labute approximate surface area is 303 Å². The van der Waals surface area contributed by atoms with Crippen molar-refractivity contribution in [3.05, 3.63) is 97.2 Å². The van der Waals surface area contributed by atoms with Crippen molar-refractivity contribution < 1.29 is 38.0 Å². The third-order valence-corrected chi connectivity index (χ3v) is 10.7. The van der Waals surface area contributed by atoms with E-state index in [9.17, 15) is 14.8 Å². The molecule has 0 N–H and O–H groups in total. The van der Waals surface area contributed by atoms with Crippen LogP contribution in [0.1, 0.15) is 44.6 Å². The molecule has 0 spiro atoms. The summed E-state index contributed by atoms with van der Waals surface area (Å²) < 4.78 is 29.1. The highest BCUT2D eigenvalue weighted by Crippen LogP contribution is 2.37. The first-order chi connectivity index (χ1) is 24.2. The number of aromatic nitrogens is 2. The molecule has 1 aromatic carbocycles. The van der Waals surface area contributed by atoms with Crippen LogP contribution >= 0.6 is 34.5 Å². The zero-order chi connectivity index (χ0) is 35.4. The van der Waals surface area contributed by atoms with Gasteiger partial charge < -0.3 is 28.9 Å². The molecule has 2 atom stereocenters. The number of hydrogen-bond donors (Lipinski definition) is 0. The maximum absolute atomic E-state index is 13.8. The average Bonchev–Trinajstić information content (AvgIpc) is 3.60. The molecule has 3 aliphatic heterocycles. The van der Waals surface area contributed by atoms with Crippen molar-refractivity contribution in [2.75, 3.05) is 45.9 Å². The lowest BCUT2D eigenvalue weighted by Gasteiger charge is -2.44. The maximum atomic E-state index is 13.8. The normalized spacial score (nSPS) is 18.6. The highest BCUT2D eigenvalue weighted by atomic mass is 35.5. The molecule has 4 aromatic rings. The molecular weight excluding hydrogens is 707 g/mol.